The Morgan fingerprint density at radius 2 is 2.28 bits per heavy atom. The van der Waals surface area contributed by atoms with Crippen molar-refractivity contribution in [3.8, 4) is 6.07 Å². The molecule has 0 amide bonds. The Kier molecular flexibility index (Phi) is 5.51. The Morgan fingerprint density at radius 3 is 2.86 bits per heavy atom. The molecule has 0 spiro atoms. The summed E-state index contributed by atoms with van der Waals surface area (Å²) in [4.78, 5) is 16.3. The van der Waals surface area contributed by atoms with Gasteiger partial charge in [-0.1, -0.05) is 19.3 Å². The largest absolute Gasteiger partial charge is 0.455 e. The predicted octanol–water partition coefficient (Wildman–Crippen LogP) is -3.06. The van der Waals surface area contributed by atoms with Gasteiger partial charge in [0.1, 0.15) is 44.0 Å². The summed E-state index contributed by atoms with van der Waals surface area (Å²) in [7, 11) is 1.74. The first-order valence-corrected chi connectivity index (χ1v) is 9.11. The Hall–Kier alpha value is -2.72. The molecule has 1 aliphatic rings. The highest BCUT2D eigenvalue weighted by Crippen LogP contribution is 2.41. The van der Waals surface area contributed by atoms with Gasteiger partial charge in [-0.2, -0.15) is 10.4 Å². The molecule has 11 nitrogen and oxygen atoms in total. The number of nitriles is 1. The number of aliphatic hydroxyl groups excluding tert-OH is 2. The molecule has 5 atom stereocenters. The zero-order valence-electron chi connectivity index (χ0n) is 16.3. The minimum atomic E-state index is -1.96. The van der Waals surface area contributed by atoms with Crippen LogP contribution in [-0.4, -0.2) is 69.6 Å². The van der Waals surface area contributed by atoms with Crippen molar-refractivity contribution in [1.82, 2.24) is 14.6 Å². The number of nitrogen functional groups attached to an aromatic ring is 1. The first kappa shape index (κ1) is 21.0. The third kappa shape index (κ3) is 3.22. The molecule has 12 heteroatoms. The minimum absolute atomic E-state index is 0.180. The fraction of sp³-hybridized carbons (Fsp3) is 0.529. The van der Waals surface area contributed by atoms with E-state index >= 15 is 0 Å². The van der Waals surface area contributed by atoms with Crippen LogP contribution in [0.15, 0.2) is 12.4 Å². The van der Waals surface area contributed by atoms with E-state index in [-0.39, 0.29) is 17.4 Å². The lowest BCUT2D eigenvalue weighted by atomic mass is 9.90. The van der Waals surface area contributed by atoms with Gasteiger partial charge in [-0.05, 0) is 12.0 Å². The van der Waals surface area contributed by atoms with E-state index in [9.17, 15) is 20.3 Å². The van der Waals surface area contributed by atoms with E-state index in [2.05, 4.69) is 10.1 Å². The highest BCUT2D eigenvalue weighted by Gasteiger charge is 2.59. The van der Waals surface area contributed by atoms with Gasteiger partial charge in [0.05, 0.1) is 12.3 Å². The number of hydrogen-bond donors (Lipinski definition) is 4. The maximum Gasteiger partial charge on any atom is 0.323 e. The van der Waals surface area contributed by atoms with E-state index in [1.807, 2.05) is 6.07 Å². The van der Waals surface area contributed by atoms with Gasteiger partial charge in [-0.15, -0.1) is 0 Å². The zero-order chi connectivity index (χ0) is 21.5. The quantitative estimate of drug-likeness (QED) is 0.296. The SMILES string of the molecule is Bc1cc([C@]2(C#N)O[C@H](CO)[C@@H](OC(=O)[C@@H](N)C(C)C)[C@H]2O)n2ncnc(N)c12. The summed E-state index contributed by atoms with van der Waals surface area (Å²) >= 11 is 0. The number of rotatable bonds is 5. The van der Waals surface area contributed by atoms with Gasteiger partial charge in [0.15, 0.2) is 11.9 Å². The van der Waals surface area contributed by atoms with Crippen LogP contribution in [0, 0.1) is 17.2 Å². The van der Waals surface area contributed by atoms with Crippen LogP contribution in [0.25, 0.3) is 5.52 Å². The number of ether oxygens (including phenoxy) is 2. The lowest BCUT2D eigenvalue weighted by Crippen LogP contribution is -2.46. The van der Waals surface area contributed by atoms with Gasteiger partial charge in [0, 0.05) is 0 Å². The van der Waals surface area contributed by atoms with Crippen molar-refractivity contribution in [3.05, 3.63) is 18.1 Å². The van der Waals surface area contributed by atoms with Gasteiger partial charge >= 0.3 is 5.97 Å². The summed E-state index contributed by atoms with van der Waals surface area (Å²) in [5.74, 6) is -0.774. The van der Waals surface area contributed by atoms with Crippen LogP contribution in [0.1, 0.15) is 19.5 Å². The van der Waals surface area contributed by atoms with Crippen LogP contribution in [0.4, 0.5) is 5.82 Å². The average molecular weight is 402 g/mol. The highest BCUT2D eigenvalue weighted by atomic mass is 16.6. The van der Waals surface area contributed by atoms with E-state index < -0.39 is 42.5 Å². The number of anilines is 1. The molecule has 0 unspecified atom stereocenters. The summed E-state index contributed by atoms with van der Waals surface area (Å²) in [5.41, 5.74) is 11.1. The number of fused-ring (bicyclic) bond motifs is 1. The Bertz CT molecular complexity index is 975. The molecule has 2 aromatic rings. The lowest BCUT2D eigenvalue weighted by Gasteiger charge is -2.25. The molecule has 154 valence electrons. The summed E-state index contributed by atoms with van der Waals surface area (Å²) in [6.45, 7) is 2.90. The van der Waals surface area contributed by atoms with E-state index in [1.165, 1.54) is 10.8 Å². The minimum Gasteiger partial charge on any atom is -0.455 e. The molecule has 0 bridgehead atoms. The Balaban J connectivity index is 2.06. The number of esters is 1. The Labute approximate surface area is 167 Å². The molecule has 1 saturated heterocycles. The standard InChI is InChI=1S/C17H23BN6O5/c1-7(2)11(20)16(27)28-13-9(4-25)29-17(5-19,14(13)26)10-3-8(18)12-15(21)22-6-23-24(10)12/h3,6-7,9,11,13-14,25-26H,4,18,20H2,1-2H3,(H2,21,22,23)/t9-,11+,13-,14-,17+/m1/s1. The second kappa shape index (κ2) is 7.60. The maximum atomic E-state index is 12.3. The molecule has 0 radical (unpaired) electrons. The van der Waals surface area contributed by atoms with Crippen LogP contribution < -0.4 is 16.9 Å². The van der Waals surface area contributed by atoms with Crippen molar-refractivity contribution >= 4 is 30.6 Å². The number of carbonyl (C=O) groups is 1. The number of aromatic nitrogens is 3. The number of aliphatic hydroxyl groups is 2. The van der Waals surface area contributed by atoms with Crippen molar-refractivity contribution < 1.29 is 24.5 Å². The molecule has 1 fully saturated rings. The van der Waals surface area contributed by atoms with Crippen molar-refractivity contribution in [2.75, 3.05) is 12.3 Å². The first-order chi connectivity index (χ1) is 13.7. The third-order valence-electron chi connectivity index (χ3n) is 5.17. The smallest absolute Gasteiger partial charge is 0.323 e. The molecule has 3 rings (SSSR count). The van der Waals surface area contributed by atoms with Crippen LogP contribution in [0.3, 0.4) is 0 Å². The normalized spacial score (nSPS) is 27.8. The number of carbonyl (C=O) groups excluding carboxylic acids is 1. The second-order valence-corrected chi connectivity index (χ2v) is 7.42. The molecule has 2 aromatic heterocycles. The fourth-order valence-corrected chi connectivity index (χ4v) is 3.46. The topological polar surface area (TPSA) is 182 Å². The summed E-state index contributed by atoms with van der Waals surface area (Å²) in [6.07, 6.45) is -2.85. The lowest BCUT2D eigenvalue weighted by molar-refractivity contribution is -0.159. The third-order valence-corrected chi connectivity index (χ3v) is 5.17. The molecule has 1 aliphatic heterocycles. The molecular weight excluding hydrogens is 379 g/mol. The van der Waals surface area contributed by atoms with Crippen molar-refractivity contribution in [1.29, 1.82) is 5.26 Å². The summed E-state index contributed by atoms with van der Waals surface area (Å²) in [5, 5.41) is 34.8. The first-order valence-electron chi connectivity index (χ1n) is 9.11. The van der Waals surface area contributed by atoms with E-state index in [4.69, 9.17) is 20.9 Å². The van der Waals surface area contributed by atoms with Gasteiger partial charge in [0.25, 0.3) is 0 Å². The second-order valence-electron chi connectivity index (χ2n) is 7.42. The van der Waals surface area contributed by atoms with Crippen LogP contribution in [0.2, 0.25) is 0 Å². The van der Waals surface area contributed by atoms with Gasteiger partial charge in [-0.25, -0.2) is 9.50 Å². The van der Waals surface area contributed by atoms with Crippen LogP contribution >= 0.6 is 0 Å². The van der Waals surface area contributed by atoms with Gasteiger partial charge in [-0.3, -0.25) is 4.79 Å². The maximum absolute atomic E-state index is 12.3. The molecular formula is C17H23BN6O5. The highest BCUT2D eigenvalue weighted by molar-refractivity contribution is 6.37. The molecule has 0 saturated carbocycles. The molecule has 29 heavy (non-hydrogen) atoms. The van der Waals surface area contributed by atoms with E-state index in [0.717, 1.165) is 0 Å². The van der Waals surface area contributed by atoms with Gasteiger partial charge in [0.2, 0.25) is 5.60 Å². The molecule has 0 aromatic carbocycles. The Morgan fingerprint density at radius 1 is 1.59 bits per heavy atom. The predicted molar refractivity (Wildman–Crippen MR) is 104 cm³/mol. The average Bonchev–Trinajstić information content (AvgIpc) is 3.17. The van der Waals surface area contributed by atoms with E-state index in [1.54, 1.807) is 27.8 Å². The monoisotopic (exact) mass is 402 g/mol. The number of hydrogen-bond acceptors (Lipinski definition) is 10. The van der Waals surface area contributed by atoms with Crippen LogP contribution in [-0.2, 0) is 19.9 Å². The van der Waals surface area contributed by atoms with Crippen molar-refractivity contribution in [3.63, 3.8) is 0 Å². The van der Waals surface area contributed by atoms with Crippen molar-refractivity contribution in [2.45, 2.75) is 43.8 Å². The zero-order valence-corrected chi connectivity index (χ0v) is 16.3. The number of nitrogens with zero attached hydrogens (tertiary/aromatic N) is 4. The molecule has 3 heterocycles. The fourth-order valence-electron chi connectivity index (χ4n) is 3.46. The number of nitrogens with two attached hydrogens (primary N) is 2. The summed E-state index contributed by atoms with van der Waals surface area (Å²) in [6, 6.07) is 2.62. The summed E-state index contributed by atoms with van der Waals surface area (Å²) < 4.78 is 12.5. The van der Waals surface area contributed by atoms with Crippen molar-refractivity contribution in [2.24, 2.45) is 11.7 Å². The van der Waals surface area contributed by atoms with Crippen LogP contribution in [0.5, 0.6) is 0 Å². The molecule has 6 N–H and O–H groups in total. The van der Waals surface area contributed by atoms with E-state index in [0.29, 0.717) is 11.0 Å². The van der Waals surface area contributed by atoms with Gasteiger partial charge < -0.3 is 31.2 Å². The molecule has 0 aliphatic carbocycles.